The van der Waals surface area contributed by atoms with E-state index < -0.39 is 22.1 Å². The molecular formula is C16H12BrF3O3S. The van der Waals surface area contributed by atoms with Crippen LogP contribution in [0.1, 0.15) is 15.9 Å². The van der Waals surface area contributed by atoms with Gasteiger partial charge in [-0.25, -0.2) is 4.79 Å². The summed E-state index contributed by atoms with van der Waals surface area (Å²) in [4.78, 5) is 11.3. The number of halogens is 4. The molecule has 0 amide bonds. The Balaban J connectivity index is 2.12. The molecule has 3 rings (SSSR count). The van der Waals surface area contributed by atoms with E-state index in [4.69, 9.17) is 9.47 Å². The Hall–Kier alpha value is -1.67. The number of hydrogen-bond acceptors (Lipinski definition) is 3. The van der Waals surface area contributed by atoms with Crippen molar-refractivity contribution in [2.75, 3.05) is 13.7 Å². The van der Waals surface area contributed by atoms with Crippen LogP contribution in [0.5, 0.6) is 5.75 Å². The molecule has 128 valence electrons. The number of methoxy groups -OCH3 is 1. The first-order chi connectivity index (χ1) is 11.3. The van der Waals surface area contributed by atoms with Crippen LogP contribution in [0.15, 0.2) is 39.7 Å². The van der Waals surface area contributed by atoms with Crippen molar-refractivity contribution in [2.45, 2.75) is 11.3 Å². The fraction of sp³-hybridized carbons (Fsp3) is 0.188. The van der Waals surface area contributed by atoms with Gasteiger partial charge in [-0.1, -0.05) is 12.1 Å². The van der Waals surface area contributed by atoms with Crippen LogP contribution in [0.4, 0.5) is 11.7 Å². The predicted molar refractivity (Wildman–Crippen MR) is 89.3 cm³/mol. The maximum absolute atomic E-state index is 12.8. The second kappa shape index (κ2) is 6.33. The van der Waals surface area contributed by atoms with E-state index in [1.165, 1.54) is 19.2 Å². The molecule has 0 saturated carbocycles. The molecule has 0 N–H and O–H groups in total. The molecule has 0 radical (unpaired) electrons. The van der Waals surface area contributed by atoms with E-state index in [2.05, 4.69) is 15.9 Å². The molecule has 1 heterocycles. The van der Waals surface area contributed by atoms with Crippen LogP contribution in [0.2, 0.25) is 0 Å². The molecule has 0 saturated heterocycles. The average molecular weight is 421 g/mol. The van der Waals surface area contributed by atoms with Gasteiger partial charge in [0, 0.05) is 22.0 Å². The summed E-state index contributed by atoms with van der Waals surface area (Å²) in [5.74, 6) is 0.0388. The van der Waals surface area contributed by atoms with Crippen LogP contribution in [0, 0.1) is 0 Å². The molecule has 2 aromatic carbocycles. The Morgan fingerprint density at radius 1 is 1.25 bits per heavy atom. The van der Waals surface area contributed by atoms with Crippen LogP contribution in [-0.2, 0) is 11.2 Å². The smallest absolute Gasteiger partial charge is 0.339 e. The first-order valence-corrected chi connectivity index (χ1v) is 9.04. The highest BCUT2D eigenvalue weighted by molar-refractivity contribution is 9.10. The summed E-state index contributed by atoms with van der Waals surface area (Å²) in [5.41, 5.74) is 2.34. The highest BCUT2D eigenvalue weighted by Gasteiger charge is 2.28. The molecule has 3 nitrogen and oxygen atoms in total. The third-order valence-corrected chi connectivity index (χ3v) is 5.18. The lowest BCUT2D eigenvalue weighted by molar-refractivity contribution is 0.0598. The van der Waals surface area contributed by atoms with Gasteiger partial charge in [0.1, 0.15) is 5.75 Å². The summed E-state index contributed by atoms with van der Waals surface area (Å²) in [5, 5.41) is 0. The van der Waals surface area contributed by atoms with Crippen molar-refractivity contribution in [3.8, 4) is 16.9 Å². The molecule has 24 heavy (non-hydrogen) atoms. The molecule has 0 aromatic heterocycles. The van der Waals surface area contributed by atoms with Crippen LogP contribution >= 0.6 is 27.1 Å². The lowest BCUT2D eigenvalue weighted by atomic mass is 9.97. The minimum atomic E-state index is -5.24. The van der Waals surface area contributed by atoms with Crippen LogP contribution in [0.3, 0.4) is 0 Å². The average Bonchev–Trinajstić information content (AvgIpc) is 3.02. The second-order valence-corrected chi connectivity index (χ2v) is 7.25. The number of hydrogen-bond donors (Lipinski definition) is 0. The molecule has 0 unspecified atom stereocenters. The van der Waals surface area contributed by atoms with E-state index in [1.807, 2.05) is 0 Å². The van der Waals surface area contributed by atoms with Gasteiger partial charge in [-0.15, -0.1) is 11.7 Å². The number of carbonyl (C=O) groups is 1. The zero-order valence-corrected chi connectivity index (χ0v) is 14.8. The van der Waals surface area contributed by atoms with Crippen molar-refractivity contribution in [3.05, 3.63) is 45.9 Å². The molecule has 0 spiro atoms. The SMILES string of the molecule is COC(=O)c1c(Br)cc(-c2ccc(S(F)(F)F)cc2)c2c1CCO2. The van der Waals surface area contributed by atoms with Gasteiger partial charge in [0.2, 0.25) is 11.2 Å². The Morgan fingerprint density at radius 2 is 1.92 bits per heavy atom. The number of carbonyl (C=O) groups excluding carboxylic acids is 1. The van der Waals surface area contributed by atoms with E-state index in [9.17, 15) is 16.5 Å². The third-order valence-electron chi connectivity index (χ3n) is 3.75. The normalized spacial score (nSPS) is 14.0. The summed E-state index contributed by atoms with van der Waals surface area (Å²) in [6.07, 6.45) is 0.539. The molecule has 1 aliphatic rings. The van der Waals surface area contributed by atoms with Crippen molar-refractivity contribution in [1.82, 2.24) is 0 Å². The van der Waals surface area contributed by atoms with Crippen molar-refractivity contribution in [1.29, 1.82) is 0 Å². The van der Waals surface area contributed by atoms with Gasteiger partial charge >= 0.3 is 5.97 Å². The van der Waals surface area contributed by atoms with E-state index in [0.717, 1.165) is 12.1 Å². The molecule has 0 bridgehead atoms. The van der Waals surface area contributed by atoms with Crippen molar-refractivity contribution < 1.29 is 25.9 Å². The molecule has 2 aromatic rings. The Morgan fingerprint density at radius 3 is 2.50 bits per heavy atom. The first-order valence-electron chi connectivity index (χ1n) is 6.92. The van der Waals surface area contributed by atoms with Crippen LogP contribution < -0.4 is 4.74 Å². The lowest BCUT2D eigenvalue weighted by Gasteiger charge is -2.14. The number of ether oxygens (including phenoxy) is 2. The standard InChI is InChI=1S/C16H12BrF3O3S/c1-22-16(21)14-11-6-7-23-15(11)12(8-13(14)17)9-2-4-10(5-3-9)24(18,19)20/h2-5,8H,6-7H2,1H3. The molecule has 1 aliphatic heterocycles. The summed E-state index contributed by atoms with van der Waals surface area (Å²) >= 11 is -1.89. The highest BCUT2D eigenvalue weighted by atomic mass is 79.9. The van der Waals surface area contributed by atoms with Gasteiger partial charge in [-0.3, -0.25) is 0 Å². The van der Waals surface area contributed by atoms with E-state index in [1.54, 1.807) is 6.07 Å². The zero-order chi connectivity index (χ0) is 17.5. The van der Waals surface area contributed by atoms with Gasteiger partial charge in [-0.05, 0) is 39.7 Å². The minimum absolute atomic E-state index is 0.394. The third kappa shape index (κ3) is 3.00. The van der Waals surface area contributed by atoms with Gasteiger partial charge in [-0.2, -0.15) is 0 Å². The van der Waals surface area contributed by atoms with E-state index in [-0.39, 0.29) is 0 Å². The zero-order valence-electron chi connectivity index (χ0n) is 12.4. The summed E-state index contributed by atoms with van der Waals surface area (Å²) in [7, 11) is 1.29. The quantitative estimate of drug-likeness (QED) is 0.601. The Kier molecular flexibility index (Phi) is 4.52. The summed E-state index contributed by atoms with van der Waals surface area (Å²) in [6, 6.07) is 6.63. The number of fused-ring (bicyclic) bond motifs is 1. The van der Waals surface area contributed by atoms with Gasteiger partial charge in [0.25, 0.3) is 0 Å². The summed E-state index contributed by atoms with van der Waals surface area (Å²) < 4.78 is 49.3. The Labute approximate surface area is 147 Å². The van der Waals surface area contributed by atoms with E-state index >= 15 is 0 Å². The van der Waals surface area contributed by atoms with Crippen molar-refractivity contribution >= 4 is 33.1 Å². The minimum Gasteiger partial charge on any atom is -0.492 e. The first kappa shape index (κ1) is 17.2. The largest absolute Gasteiger partial charge is 0.492 e. The lowest BCUT2D eigenvalue weighted by Crippen LogP contribution is -2.06. The molecule has 0 fully saturated rings. The van der Waals surface area contributed by atoms with Crippen molar-refractivity contribution in [3.63, 3.8) is 0 Å². The van der Waals surface area contributed by atoms with Crippen LogP contribution in [-0.4, -0.2) is 19.7 Å². The second-order valence-electron chi connectivity index (χ2n) is 5.11. The monoisotopic (exact) mass is 420 g/mol. The number of rotatable bonds is 3. The number of esters is 1. The summed E-state index contributed by atoms with van der Waals surface area (Å²) in [6.45, 7) is 0.410. The number of benzene rings is 2. The van der Waals surface area contributed by atoms with Crippen LogP contribution in [0.25, 0.3) is 11.1 Å². The highest BCUT2D eigenvalue weighted by Crippen LogP contribution is 2.60. The maximum Gasteiger partial charge on any atom is 0.339 e. The predicted octanol–water partition coefficient (Wildman–Crippen LogP) is 5.65. The fourth-order valence-corrected chi connectivity index (χ4v) is 3.74. The Bertz CT molecular complexity index is 804. The van der Waals surface area contributed by atoms with Gasteiger partial charge in [0.15, 0.2) is 0 Å². The molecule has 0 atom stereocenters. The van der Waals surface area contributed by atoms with E-state index in [0.29, 0.717) is 45.5 Å². The molecule has 8 heteroatoms. The fourth-order valence-electron chi connectivity index (χ4n) is 2.67. The van der Waals surface area contributed by atoms with Gasteiger partial charge < -0.3 is 9.47 Å². The molecule has 0 aliphatic carbocycles. The maximum atomic E-state index is 12.8. The van der Waals surface area contributed by atoms with Gasteiger partial charge in [0.05, 0.1) is 24.2 Å². The van der Waals surface area contributed by atoms with Crippen molar-refractivity contribution in [2.24, 2.45) is 0 Å². The topological polar surface area (TPSA) is 35.5 Å². The molecular weight excluding hydrogens is 409 g/mol.